The summed E-state index contributed by atoms with van der Waals surface area (Å²) in [4.78, 5) is 8.95. The number of nitrogen functional groups attached to an aromatic ring is 1. The largest absolute Gasteiger partial charge is 0.383 e. The van der Waals surface area contributed by atoms with Gasteiger partial charge in [0, 0.05) is 11.4 Å². The Morgan fingerprint density at radius 3 is 2.55 bits per heavy atom. The van der Waals surface area contributed by atoms with Gasteiger partial charge in [-0.3, -0.25) is 0 Å². The van der Waals surface area contributed by atoms with Crippen molar-refractivity contribution in [3.05, 3.63) is 24.3 Å². The van der Waals surface area contributed by atoms with Gasteiger partial charge in [0.1, 0.15) is 5.82 Å². The summed E-state index contributed by atoms with van der Waals surface area (Å²) in [6, 6.07) is 8.28. The van der Waals surface area contributed by atoms with E-state index in [-0.39, 0.29) is 12.4 Å². The molecule has 1 fully saturated rings. The van der Waals surface area contributed by atoms with Crippen molar-refractivity contribution < 1.29 is 0 Å². The smallest absolute Gasteiger partial charge is 0.225 e. The van der Waals surface area contributed by atoms with E-state index < -0.39 is 0 Å². The zero-order valence-electron chi connectivity index (χ0n) is 12.7. The molecule has 2 aromatic rings. The summed E-state index contributed by atoms with van der Waals surface area (Å²) in [5.74, 6) is 1.98. The lowest BCUT2D eigenvalue weighted by molar-refractivity contribution is 0.324. The number of anilines is 2. The summed E-state index contributed by atoms with van der Waals surface area (Å²) < 4.78 is 0. The molecule has 6 heteroatoms. The monoisotopic (exact) mass is 321 g/mol. The van der Waals surface area contributed by atoms with E-state index in [1.807, 2.05) is 24.3 Å². The number of para-hydroxylation sites is 1. The normalized spacial score (nSPS) is 21.3. The lowest BCUT2D eigenvalue weighted by Crippen LogP contribution is -2.28. The van der Waals surface area contributed by atoms with E-state index in [2.05, 4.69) is 15.3 Å². The zero-order chi connectivity index (χ0) is 14.7. The van der Waals surface area contributed by atoms with Crippen LogP contribution in [0.1, 0.15) is 32.1 Å². The van der Waals surface area contributed by atoms with Crippen LogP contribution >= 0.6 is 12.4 Å². The number of nitrogens with two attached hydrogens (primary N) is 2. The molecule has 0 bridgehead atoms. The molecule has 1 aliphatic carbocycles. The summed E-state index contributed by atoms with van der Waals surface area (Å²) in [5.41, 5.74) is 12.5. The van der Waals surface area contributed by atoms with Gasteiger partial charge in [0.15, 0.2) is 0 Å². The molecule has 0 saturated heterocycles. The Kier molecular flexibility index (Phi) is 5.80. The summed E-state index contributed by atoms with van der Waals surface area (Å²) in [5, 5.41) is 4.35. The van der Waals surface area contributed by atoms with Crippen LogP contribution < -0.4 is 16.8 Å². The highest BCUT2D eigenvalue weighted by molar-refractivity contribution is 5.88. The minimum atomic E-state index is 0. The Hall–Kier alpha value is -1.59. The first-order valence-electron chi connectivity index (χ1n) is 7.75. The van der Waals surface area contributed by atoms with E-state index in [0.29, 0.717) is 17.8 Å². The van der Waals surface area contributed by atoms with Gasteiger partial charge in [-0.05, 0) is 56.7 Å². The fourth-order valence-electron chi connectivity index (χ4n) is 3.18. The average Bonchev–Trinajstić information content (AvgIpc) is 2.50. The van der Waals surface area contributed by atoms with Crippen LogP contribution in [0, 0.1) is 5.92 Å². The van der Waals surface area contributed by atoms with E-state index in [1.165, 1.54) is 12.8 Å². The standard InChI is InChI=1S/C16H23N5.ClH/c17-10-9-11-5-7-12(8-6-11)19-16-20-14-4-2-1-3-13(14)15(18)21-16;/h1-4,11-12H,5-10,17H2,(H3,18,19,20,21);1H. The van der Waals surface area contributed by atoms with E-state index in [4.69, 9.17) is 11.5 Å². The Bertz CT molecular complexity index is 611. The molecule has 0 spiro atoms. The molecule has 22 heavy (non-hydrogen) atoms. The highest BCUT2D eigenvalue weighted by Gasteiger charge is 2.21. The van der Waals surface area contributed by atoms with Crippen LogP contribution in [0.25, 0.3) is 10.9 Å². The molecule has 5 nitrogen and oxygen atoms in total. The second kappa shape index (κ2) is 7.61. The van der Waals surface area contributed by atoms with Crippen LogP contribution in [0.3, 0.4) is 0 Å². The van der Waals surface area contributed by atoms with Crippen molar-refractivity contribution in [1.29, 1.82) is 0 Å². The molecule has 1 aliphatic rings. The van der Waals surface area contributed by atoms with Crippen LogP contribution in [0.5, 0.6) is 0 Å². The van der Waals surface area contributed by atoms with Crippen molar-refractivity contribution in [1.82, 2.24) is 9.97 Å². The van der Waals surface area contributed by atoms with Crippen molar-refractivity contribution in [3.63, 3.8) is 0 Å². The van der Waals surface area contributed by atoms with E-state index in [0.717, 1.165) is 42.6 Å². The summed E-state index contributed by atoms with van der Waals surface area (Å²) in [6.45, 7) is 0.799. The SMILES string of the molecule is Cl.NCCC1CCC(Nc2nc(N)c3ccccc3n2)CC1. The highest BCUT2D eigenvalue weighted by atomic mass is 35.5. The van der Waals surface area contributed by atoms with Crippen LogP contribution in [0.2, 0.25) is 0 Å². The average molecular weight is 322 g/mol. The minimum absolute atomic E-state index is 0. The molecule has 120 valence electrons. The molecule has 0 aliphatic heterocycles. The maximum atomic E-state index is 6.02. The van der Waals surface area contributed by atoms with Gasteiger partial charge in [-0.15, -0.1) is 12.4 Å². The number of fused-ring (bicyclic) bond motifs is 1. The predicted molar refractivity (Wildman–Crippen MR) is 94.2 cm³/mol. The number of hydrogen-bond acceptors (Lipinski definition) is 5. The number of nitrogens with zero attached hydrogens (tertiary/aromatic N) is 2. The third kappa shape index (κ3) is 3.78. The molecule has 3 rings (SSSR count). The Balaban J connectivity index is 0.00000176. The summed E-state index contributed by atoms with van der Waals surface area (Å²) >= 11 is 0. The number of halogens is 1. The summed E-state index contributed by atoms with van der Waals surface area (Å²) in [6.07, 6.45) is 5.92. The number of nitrogens with one attached hydrogen (secondary N) is 1. The van der Waals surface area contributed by atoms with Gasteiger partial charge in [0.05, 0.1) is 5.52 Å². The van der Waals surface area contributed by atoms with Gasteiger partial charge in [0.25, 0.3) is 0 Å². The maximum Gasteiger partial charge on any atom is 0.225 e. The topological polar surface area (TPSA) is 89.8 Å². The number of rotatable bonds is 4. The van der Waals surface area contributed by atoms with Crippen LogP contribution in [-0.4, -0.2) is 22.6 Å². The van der Waals surface area contributed by atoms with Gasteiger partial charge < -0.3 is 16.8 Å². The van der Waals surface area contributed by atoms with Gasteiger partial charge in [-0.25, -0.2) is 4.98 Å². The number of aromatic nitrogens is 2. The molecule has 1 heterocycles. The fourth-order valence-corrected chi connectivity index (χ4v) is 3.18. The lowest BCUT2D eigenvalue weighted by Gasteiger charge is -2.28. The third-order valence-electron chi connectivity index (χ3n) is 4.39. The molecule has 0 radical (unpaired) electrons. The van der Waals surface area contributed by atoms with E-state index in [1.54, 1.807) is 0 Å². The van der Waals surface area contributed by atoms with E-state index in [9.17, 15) is 0 Å². The molecule has 0 amide bonds. The molecule has 0 unspecified atom stereocenters. The zero-order valence-corrected chi connectivity index (χ0v) is 13.5. The first kappa shape index (κ1) is 16.8. The molecule has 1 saturated carbocycles. The molecule has 0 atom stereocenters. The molecule has 1 aromatic heterocycles. The van der Waals surface area contributed by atoms with Crippen LogP contribution in [0.4, 0.5) is 11.8 Å². The second-order valence-corrected chi connectivity index (χ2v) is 5.89. The molecular weight excluding hydrogens is 298 g/mol. The molecule has 5 N–H and O–H groups in total. The van der Waals surface area contributed by atoms with Crippen molar-refractivity contribution in [3.8, 4) is 0 Å². The maximum absolute atomic E-state index is 6.02. The Morgan fingerprint density at radius 2 is 1.82 bits per heavy atom. The van der Waals surface area contributed by atoms with Crippen molar-refractivity contribution in [2.75, 3.05) is 17.6 Å². The quantitative estimate of drug-likeness (QED) is 0.805. The minimum Gasteiger partial charge on any atom is -0.383 e. The lowest BCUT2D eigenvalue weighted by atomic mass is 9.84. The van der Waals surface area contributed by atoms with Crippen LogP contribution in [-0.2, 0) is 0 Å². The van der Waals surface area contributed by atoms with Gasteiger partial charge in [0.2, 0.25) is 5.95 Å². The Morgan fingerprint density at radius 1 is 1.09 bits per heavy atom. The third-order valence-corrected chi connectivity index (χ3v) is 4.39. The van der Waals surface area contributed by atoms with Gasteiger partial charge in [-0.1, -0.05) is 12.1 Å². The first-order chi connectivity index (χ1) is 10.3. The first-order valence-corrected chi connectivity index (χ1v) is 7.75. The predicted octanol–water partition coefficient (Wildman–Crippen LogP) is 2.95. The number of benzene rings is 1. The van der Waals surface area contributed by atoms with Gasteiger partial charge >= 0.3 is 0 Å². The molecular formula is C16H24ClN5. The fraction of sp³-hybridized carbons (Fsp3) is 0.500. The van der Waals surface area contributed by atoms with Crippen LogP contribution in [0.15, 0.2) is 24.3 Å². The number of hydrogen-bond donors (Lipinski definition) is 3. The van der Waals surface area contributed by atoms with Crippen molar-refractivity contribution in [2.24, 2.45) is 11.7 Å². The van der Waals surface area contributed by atoms with Gasteiger partial charge in [-0.2, -0.15) is 4.98 Å². The summed E-state index contributed by atoms with van der Waals surface area (Å²) in [7, 11) is 0. The molecule has 1 aromatic carbocycles. The highest BCUT2D eigenvalue weighted by Crippen LogP contribution is 2.28. The van der Waals surface area contributed by atoms with E-state index >= 15 is 0 Å². The van der Waals surface area contributed by atoms with Crippen molar-refractivity contribution in [2.45, 2.75) is 38.1 Å². The Labute approximate surface area is 137 Å². The van der Waals surface area contributed by atoms with Crippen molar-refractivity contribution >= 4 is 35.1 Å². The second-order valence-electron chi connectivity index (χ2n) is 5.89.